The normalized spacial score (nSPS) is 11.7. The summed E-state index contributed by atoms with van der Waals surface area (Å²) in [6.07, 6.45) is 0. The lowest BCUT2D eigenvalue weighted by Gasteiger charge is -2.26. The van der Waals surface area contributed by atoms with Gasteiger partial charge in [0, 0.05) is 34.1 Å². The average molecular weight is 770 g/mol. The predicted octanol–water partition coefficient (Wildman–Crippen LogP) is 16.2. The van der Waals surface area contributed by atoms with Crippen LogP contribution in [0.4, 0.5) is 34.3 Å². The highest BCUT2D eigenvalue weighted by molar-refractivity contribution is 6.33. The Labute approximate surface area is 350 Å². The van der Waals surface area contributed by atoms with Gasteiger partial charge in [0.25, 0.3) is 0 Å². The Morgan fingerprint density at radius 3 is 1.00 bits per heavy atom. The van der Waals surface area contributed by atoms with Gasteiger partial charge in [0.1, 0.15) is 5.82 Å². The van der Waals surface area contributed by atoms with Crippen molar-refractivity contribution in [2.24, 2.45) is 0 Å². The molecule has 10 aromatic carbocycles. The maximum Gasteiger partial charge on any atom is 0.137 e. The molecule has 0 saturated heterocycles. The molecule has 3 nitrogen and oxygen atoms in total. The van der Waals surface area contributed by atoms with Gasteiger partial charge in [-0.3, -0.25) is 4.90 Å². The monoisotopic (exact) mass is 769 g/mol. The molecule has 60 heavy (non-hydrogen) atoms. The summed E-state index contributed by atoms with van der Waals surface area (Å²) in [4.78, 5) is 9.66. The van der Waals surface area contributed by atoms with E-state index in [0.717, 1.165) is 39.9 Å². The lowest BCUT2D eigenvalue weighted by atomic mass is 9.88. The van der Waals surface area contributed by atoms with E-state index in [-0.39, 0.29) is 0 Å². The van der Waals surface area contributed by atoms with Crippen molar-refractivity contribution in [1.29, 1.82) is 0 Å². The van der Waals surface area contributed by atoms with Crippen LogP contribution in [0.25, 0.3) is 64.6 Å². The zero-order valence-corrected chi connectivity index (χ0v) is 34.2. The van der Waals surface area contributed by atoms with Crippen molar-refractivity contribution < 1.29 is 0 Å². The molecule has 0 aliphatic rings. The van der Waals surface area contributed by atoms with E-state index in [9.17, 15) is 0 Å². The van der Waals surface area contributed by atoms with Crippen molar-refractivity contribution >= 4 is 98.9 Å². The molecule has 0 radical (unpaired) electrons. The van der Waals surface area contributed by atoms with Gasteiger partial charge >= 0.3 is 0 Å². The van der Waals surface area contributed by atoms with E-state index in [0.29, 0.717) is 0 Å². The van der Waals surface area contributed by atoms with E-state index in [2.05, 4.69) is 226 Å². The van der Waals surface area contributed by atoms with Gasteiger partial charge in [-0.1, -0.05) is 120 Å². The summed E-state index contributed by atoms with van der Waals surface area (Å²) in [6, 6.07) is 69.4. The number of anilines is 6. The number of aryl methyl sites for hydroxylation is 4. The van der Waals surface area contributed by atoms with Crippen molar-refractivity contribution in [3.05, 3.63) is 210 Å². The van der Waals surface area contributed by atoms with Crippen molar-refractivity contribution in [3.63, 3.8) is 0 Å². The lowest BCUT2D eigenvalue weighted by Crippen LogP contribution is -2.12. The Hall–Kier alpha value is -7.49. The Bertz CT molecular complexity index is 3410. The number of rotatable bonds is 6. The van der Waals surface area contributed by atoms with Gasteiger partial charge in [0.05, 0.1) is 0 Å². The smallest absolute Gasteiger partial charge is 0.137 e. The number of fused-ring (bicyclic) bond motifs is 12. The predicted molar refractivity (Wildman–Crippen MR) is 258 cm³/mol. The molecule has 286 valence electrons. The average Bonchev–Trinajstić information content (AvgIpc) is 3.28. The first kappa shape index (κ1) is 35.7. The first-order chi connectivity index (χ1) is 29.4. The third-order valence-corrected chi connectivity index (χ3v) is 12.3. The second-order valence-corrected chi connectivity index (χ2v) is 16.3. The maximum atomic E-state index is 5.00. The highest BCUT2D eigenvalue weighted by Crippen LogP contribution is 2.45. The largest absolute Gasteiger partial charge is 0.310 e. The summed E-state index contributed by atoms with van der Waals surface area (Å²) < 4.78 is 0. The Morgan fingerprint density at radius 1 is 0.267 bits per heavy atom. The van der Waals surface area contributed by atoms with Crippen LogP contribution in [0, 0.1) is 27.7 Å². The molecule has 3 heteroatoms. The van der Waals surface area contributed by atoms with Crippen LogP contribution in [-0.2, 0) is 0 Å². The Morgan fingerprint density at radius 2 is 0.600 bits per heavy atom. The van der Waals surface area contributed by atoms with E-state index >= 15 is 0 Å². The molecule has 0 atom stereocenters. The second kappa shape index (κ2) is 14.1. The van der Waals surface area contributed by atoms with Gasteiger partial charge in [-0.15, -0.1) is 0 Å². The third-order valence-electron chi connectivity index (χ3n) is 12.3. The number of hydrogen-bond acceptors (Lipinski definition) is 3. The maximum absolute atomic E-state index is 5.00. The molecule has 0 amide bonds. The molecule has 0 N–H and O–H groups in total. The van der Waals surface area contributed by atoms with Gasteiger partial charge < -0.3 is 4.90 Å². The zero-order chi connectivity index (χ0) is 40.5. The molecule has 0 saturated carbocycles. The van der Waals surface area contributed by atoms with Crippen molar-refractivity contribution in [2.45, 2.75) is 27.7 Å². The number of nitrogens with zero attached hydrogens (tertiary/aromatic N) is 3. The Kier molecular flexibility index (Phi) is 8.38. The van der Waals surface area contributed by atoms with Crippen LogP contribution in [0.3, 0.4) is 0 Å². The fourth-order valence-electron chi connectivity index (χ4n) is 9.25. The molecule has 0 aliphatic carbocycles. The highest BCUT2D eigenvalue weighted by Gasteiger charge is 2.20. The van der Waals surface area contributed by atoms with E-state index in [1.807, 2.05) is 0 Å². The van der Waals surface area contributed by atoms with E-state index in [1.165, 1.54) is 81.3 Å². The molecule has 1 aromatic heterocycles. The molecule has 0 fully saturated rings. The minimum atomic E-state index is 0.900. The SMILES string of the molecule is Cc1ccc(N(c2ccc(C)cc2)c2ccc3c(c2)c2ccccc2c2cc4c5ccc(N(c6ccc(C)cc6)c6cccc(C)n6)cc5c5ccccc5c4cc32)cc1. The molecule has 1 heterocycles. The van der Waals surface area contributed by atoms with Gasteiger partial charge in [0.15, 0.2) is 0 Å². The first-order valence-electron chi connectivity index (χ1n) is 20.8. The second-order valence-electron chi connectivity index (χ2n) is 16.3. The summed E-state index contributed by atoms with van der Waals surface area (Å²) in [6.45, 7) is 8.47. The highest BCUT2D eigenvalue weighted by atomic mass is 15.2. The van der Waals surface area contributed by atoms with Crippen LogP contribution in [0.2, 0.25) is 0 Å². The van der Waals surface area contributed by atoms with Crippen LogP contribution in [0.15, 0.2) is 188 Å². The standard InChI is InChI=1S/C57H43N3/c1-36-16-22-40(23-17-36)59(41-24-18-37(2)19-25-41)43-28-30-49-51(32-43)45-11-5-7-13-47(45)53-35-56-50-31-29-44(33-52(50)46-12-6-8-14-48(46)54(56)34-55(49)53)60(42-26-20-38(3)21-27-42)57-15-9-10-39(4)58-57/h5-35H,1-4H3. The van der Waals surface area contributed by atoms with Gasteiger partial charge in [-0.25, -0.2) is 4.98 Å². The zero-order valence-electron chi connectivity index (χ0n) is 34.2. The minimum Gasteiger partial charge on any atom is -0.310 e. The summed E-state index contributed by atoms with van der Waals surface area (Å²) in [5.74, 6) is 0.900. The van der Waals surface area contributed by atoms with Crippen LogP contribution in [0.5, 0.6) is 0 Å². The van der Waals surface area contributed by atoms with Gasteiger partial charge in [-0.2, -0.15) is 0 Å². The fraction of sp³-hybridized carbons (Fsp3) is 0.0702. The summed E-state index contributed by atoms with van der Waals surface area (Å²) >= 11 is 0. The topological polar surface area (TPSA) is 19.4 Å². The lowest BCUT2D eigenvalue weighted by molar-refractivity contribution is 1.13. The van der Waals surface area contributed by atoms with Gasteiger partial charge in [-0.05, 0) is 177 Å². The summed E-state index contributed by atoms with van der Waals surface area (Å²) in [5.41, 5.74) is 10.3. The molecule has 0 aliphatic heterocycles. The Balaban J connectivity index is 1.16. The molecule has 11 aromatic rings. The fourth-order valence-corrected chi connectivity index (χ4v) is 9.25. The number of benzene rings is 10. The molecule has 0 unspecified atom stereocenters. The molecule has 11 rings (SSSR count). The van der Waals surface area contributed by atoms with Crippen LogP contribution >= 0.6 is 0 Å². The number of hydrogen-bond donors (Lipinski definition) is 0. The molecule has 0 spiro atoms. The first-order valence-corrected chi connectivity index (χ1v) is 20.8. The van der Waals surface area contributed by atoms with Crippen molar-refractivity contribution in [1.82, 2.24) is 4.98 Å². The van der Waals surface area contributed by atoms with E-state index in [1.54, 1.807) is 0 Å². The van der Waals surface area contributed by atoms with Crippen LogP contribution in [-0.4, -0.2) is 4.98 Å². The van der Waals surface area contributed by atoms with E-state index < -0.39 is 0 Å². The van der Waals surface area contributed by atoms with E-state index in [4.69, 9.17) is 4.98 Å². The molecular weight excluding hydrogens is 727 g/mol. The summed E-state index contributed by atoms with van der Waals surface area (Å²) in [7, 11) is 0. The van der Waals surface area contributed by atoms with Crippen molar-refractivity contribution in [2.75, 3.05) is 9.80 Å². The molecular formula is C57H43N3. The van der Waals surface area contributed by atoms with Crippen LogP contribution in [0.1, 0.15) is 22.4 Å². The third kappa shape index (κ3) is 5.93. The quantitative estimate of drug-likeness (QED) is 0.124. The van der Waals surface area contributed by atoms with Crippen molar-refractivity contribution in [3.8, 4) is 0 Å². The van der Waals surface area contributed by atoms with Crippen LogP contribution < -0.4 is 9.80 Å². The number of pyridine rings is 1. The minimum absolute atomic E-state index is 0.900. The van der Waals surface area contributed by atoms with Gasteiger partial charge in [0.2, 0.25) is 0 Å². The summed E-state index contributed by atoms with van der Waals surface area (Å²) in [5, 5.41) is 15.0. The number of aromatic nitrogens is 1. The molecule has 0 bridgehead atoms.